The quantitative estimate of drug-likeness (QED) is 0.424. The van der Waals surface area contributed by atoms with Crippen molar-refractivity contribution in [2.24, 2.45) is 5.84 Å². The molecule has 0 fully saturated rings. The van der Waals surface area contributed by atoms with Gasteiger partial charge in [-0.2, -0.15) is 4.98 Å². The molecule has 0 amide bonds. The second kappa shape index (κ2) is 6.46. The predicted octanol–water partition coefficient (Wildman–Crippen LogP) is 2.04. The number of halogens is 1. The van der Waals surface area contributed by atoms with Crippen molar-refractivity contribution >= 4 is 40.4 Å². The van der Waals surface area contributed by atoms with Gasteiger partial charge in [-0.1, -0.05) is 11.6 Å². The minimum Gasteiger partial charge on any atom is -0.364 e. The van der Waals surface area contributed by atoms with Crippen LogP contribution in [0.25, 0.3) is 0 Å². The van der Waals surface area contributed by atoms with E-state index in [0.29, 0.717) is 17.3 Å². The van der Waals surface area contributed by atoms with Crippen LogP contribution in [0.15, 0.2) is 18.3 Å². The molecule has 0 aliphatic heterocycles. The Labute approximate surface area is 123 Å². The van der Waals surface area contributed by atoms with E-state index in [9.17, 15) is 10.1 Å². The van der Waals surface area contributed by atoms with Crippen LogP contribution < -0.4 is 16.6 Å². The van der Waals surface area contributed by atoms with E-state index in [4.69, 9.17) is 17.4 Å². The minimum atomic E-state index is -0.551. The maximum Gasteiger partial charge on any atom is 0.329 e. The second-order valence-corrected chi connectivity index (χ2v) is 5.51. The van der Waals surface area contributed by atoms with Crippen LogP contribution in [0.2, 0.25) is 4.34 Å². The molecule has 0 saturated carbocycles. The molecule has 2 rings (SSSR count). The highest BCUT2D eigenvalue weighted by Gasteiger charge is 2.16. The number of thiophene rings is 1. The SMILES string of the molecule is NNc1ncc([N+](=O)[O-])c(NCCc2ccc(Cl)s2)n1. The molecule has 0 aromatic carbocycles. The van der Waals surface area contributed by atoms with Gasteiger partial charge >= 0.3 is 5.69 Å². The molecular weight excluding hydrogens is 304 g/mol. The van der Waals surface area contributed by atoms with Crippen molar-refractivity contribution in [1.82, 2.24) is 9.97 Å². The van der Waals surface area contributed by atoms with Gasteiger partial charge in [0, 0.05) is 11.4 Å². The molecule has 0 spiro atoms. The van der Waals surface area contributed by atoms with Gasteiger partial charge in [0.05, 0.1) is 9.26 Å². The van der Waals surface area contributed by atoms with Crippen LogP contribution >= 0.6 is 22.9 Å². The monoisotopic (exact) mass is 314 g/mol. The average molecular weight is 315 g/mol. The molecule has 2 aromatic rings. The van der Waals surface area contributed by atoms with Crippen molar-refractivity contribution in [3.05, 3.63) is 37.7 Å². The van der Waals surface area contributed by atoms with Gasteiger partial charge in [0.25, 0.3) is 0 Å². The van der Waals surface area contributed by atoms with Gasteiger partial charge in [-0.3, -0.25) is 15.5 Å². The number of hydrazine groups is 1. The van der Waals surface area contributed by atoms with Crippen LogP contribution in [-0.2, 0) is 6.42 Å². The van der Waals surface area contributed by atoms with Crippen LogP contribution in [-0.4, -0.2) is 21.4 Å². The lowest BCUT2D eigenvalue weighted by atomic mass is 10.3. The van der Waals surface area contributed by atoms with Gasteiger partial charge in [-0.15, -0.1) is 11.3 Å². The molecule has 8 nitrogen and oxygen atoms in total. The largest absolute Gasteiger partial charge is 0.364 e. The van der Waals surface area contributed by atoms with Gasteiger partial charge < -0.3 is 5.32 Å². The first-order valence-corrected chi connectivity index (χ1v) is 6.75. The molecule has 0 aliphatic rings. The summed E-state index contributed by atoms with van der Waals surface area (Å²) in [5, 5.41) is 13.8. The first-order valence-electron chi connectivity index (χ1n) is 5.56. The number of hydrogen-bond donors (Lipinski definition) is 3. The summed E-state index contributed by atoms with van der Waals surface area (Å²) < 4.78 is 0.711. The van der Waals surface area contributed by atoms with Crippen molar-refractivity contribution in [3.63, 3.8) is 0 Å². The van der Waals surface area contributed by atoms with Crippen molar-refractivity contribution in [2.75, 3.05) is 17.3 Å². The van der Waals surface area contributed by atoms with Crippen LogP contribution in [0.5, 0.6) is 0 Å². The van der Waals surface area contributed by atoms with E-state index < -0.39 is 4.92 Å². The zero-order valence-electron chi connectivity index (χ0n) is 10.2. The molecule has 0 radical (unpaired) electrons. The number of nitrogen functional groups attached to an aromatic ring is 1. The molecule has 0 aliphatic carbocycles. The van der Waals surface area contributed by atoms with E-state index in [1.54, 1.807) is 0 Å². The van der Waals surface area contributed by atoms with Gasteiger partial charge in [0.1, 0.15) is 6.20 Å². The Morgan fingerprint density at radius 1 is 1.50 bits per heavy atom. The highest BCUT2D eigenvalue weighted by atomic mass is 35.5. The zero-order valence-corrected chi connectivity index (χ0v) is 11.7. The van der Waals surface area contributed by atoms with Crippen molar-refractivity contribution in [2.45, 2.75) is 6.42 Å². The summed E-state index contributed by atoms with van der Waals surface area (Å²) >= 11 is 7.30. The summed E-state index contributed by atoms with van der Waals surface area (Å²) in [5.41, 5.74) is 2.04. The van der Waals surface area contributed by atoms with E-state index in [1.165, 1.54) is 11.3 Å². The molecule has 0 saturated heterocycles. The van der Waals surface area contributed by atoms with E-state index in [1.807, 2.05) is 12.1 Å². The smallest absolute Gasteiger partial charge is 0.329 e. The van der Waals surface area contributed by atoms with Gasteiger partial charge in [0.15, 0.2) is 0 Å². The third-order valence-corrected chi connectivity index (χ3v) is 3.68. The summed E-state index contributed by atoms with van der Waals surface area (Å²) in [4.78, 5) is 19.0. The Morgan fingerprint density at radius 3 is 2.90 bits per heavy atom. The molecule has 106 valence electrons. The maximum absolute atomic E-state index is 10.9. The number of nitrogens with one attached hydrogen (secondary N) is 2. The number of anilines is 2. The minimum absolute atomic E-state index is 0.109. The predicted molar refractivity (Wildman–Crippen MR) is 78.0 cm³/mol. The van der Waals surface area contributed by atoms with Crippen LogP contribution in [0.1, 0.15) is 4.88 Å². The number of aromatic nitrogens is 2. The second-order valence-electron chi connectivity index (χ2n) is 3.71. The molecule has 20 heavy (non-hydrogen) atoms. The zero-order chi connectivity index (χ0) is 14.5. The third kappa shape index (κ3) is 3.53. The first-order chi connectivity index (χ1) is 9.60. The molecule has 0 bridgehead atoms. The Morgan fingerprint density at radius 2 is 2.30 bits per heavy atom. The Kier molecular flexibility index (Phi) is 4.66. The van der Waals surface area contributed by atoms with Crippen molar-refractivity contribution in [1.29, 1.82) is 0 Å². The van der Waals surface area contributed by atoms with Crippen molar-refractivity contribution < 1.29 is 4.92 Å². The van der Waals surface area contributed by atoms with Crippen LogP contribution in [0, 0.1) is 10.1 Å². The first kappa shape index (κ1) is 14.4. The molecule has 0 atom stereocenters. The summed E-state index contributed by atoms with van der Waals surface area (Å²) in [5.74, 6) is 5.42. The van der Waals surface area contributed by atoms with Gasteiger partial charge in [-0.05, 0) is 18.6 Å². The molecule has 10 heteroatoms. The normalized spacial score (nSPS) is 10.3. The molecule has 2 aromatic heterocycles. The number of hydrogen-bond acceptors (Lipinski definition) is 8. The summed E-state index contributed by atoms with van der Waals surface area (Å²) in [6.07, 6.45) is 1.79. The highest BCUT2D eigenvalue weighted by molar-refractivity contribution is 7.16. The van der Waals surface area contributed by atoms with E-state index in [-0.39, 0.29) is 17.5 Å². The summed E-state index contributed by atoms with van der Waals surface area (Å²) in [7, 11) is 0. The van der Waals surface area contributed by atoms with E-state index in [0.717, 1.165) is 11.1 Å². The number of nitro groups is 1. The van der Waals surface area contributed by atoms with E-state index >= 15 is 0 Å². The summed E-state index contributed by atoms with van der Waals surface area (Å²) in [6.45, 7) is 0.485. The topological polar surface area (TPSA) is 119 Å². The molecule has 0 unspecified atom stereocenters. The van der Waals surface area contributed by atoms with Gasteiger partial charge in [0.2, 0.25) is 11.8 Å². The standard InChI is InChI=1S/C10H11ClN6O2S/c11-8-2-1-6(20-8)3-4-13-9-7(17(18)19)5-14-10(15-9)16-12/h1-2,5H,3-4,12H2,(H2,13,14,15,16). The van der Waals surface area contributed by atoms with Crippen LogP contribution in [0.4, 0.5) is 17.5 Å². The van der Waals surface area contributed by atoms with E-state index in [2.05, 4.69) is 20.7 Å². The lowest BCUT2D eigenvalue weighted by Gasteiger charge is -2.06. The highest BCUT2D eigenvalue weighted by Crippen LogP contribution is 2.23. The fraction of sp³-hybridized carbons (Fsp3) is 0.200. The molecular formula is C10H11ClN6O2S. The third-order valence-electron chi connectivity index (χ3n) is 2.39. The van der Waals surface area contributed by atoms with Gasteiger partial charge in [-0.25, -0.2) is 10.8 Å². The van der Waals surface area contributed by atoms with Crippen molar-refractivity contribution in [3.8, 4) is 0 Å². The molecule has 2 heterocycles. The number of rotatable bonds is 6. The maximum atomic E-state index is 10.9. The fourth-order valence-corrected chi connectivity index (χ4v) is 2.59. The Hall–Kier alpha value is -1.97. The summed E-state index contributed by atoms with van der Waals surface area (Å²) in [6, 6.07) is 3.72. The average Bonchev–Trinajstić information content (AvgIpc) is 2.84. The lowest BCUT2D eigenvalue weighted by Crippen LogP contribution is -2.14. The van der Waals surface area contributed by atoms with Crippen LogP contribution in [0.3, 0.4) is 0 Å². The lowest BCUT2D eigenvalue weighted by molar-refractivity contribution is -0.384. The fourth-order valence-electron chi connectivity index (χ4n) is 1.50. The number of nitrogens with two attached hydrogens (primary N) is 1. The Bertz CT molecular complexity index is 620. The Balaban J connectivity index is 2.05. The number of nitrogens with zero attached hydrogens (tertiary/aromatic N) is 3. The molecule has 4 N–H and O–H groups in total.